The molecule has 1 atom stereocenters. The van der Waals surface area contributed by atoms with Gasteiger partial charge >= 0.3 is 0 Å². The number of rotatable bonds is 5. The summed E-state index contributed by atoms with van der Waals surface area (Å²) in [6.45, 7) is 11.6. The Morgan fingerprint density at radius 1 is 1.64 bits per heavy atom. The summed E-state index contributed by atoms with van der Waals surface area (Å²) in [5.74, 6) is 0.500. The zero-order chi connectivity index (χ0) is 8.69. The van der Waals surface area contributed by atoms with Crippen molar-refractivity contribution in [1.29, 1.82) is 0 Å². The summed E-state index contributed by atoms with van der Waals surface area (Å²) in [6, 6.07) is 0. The number of nitrogens with zero attached hydrogens (tertiary/aromatic N) is 1. The molecule has 0 rings (SSSR count). The van der Waals surface area contributed by atoms with Crippen molar-refractivity contribution in [1.82, 2.24) is 0 Å². The van der Waals surface area contributed by atoms with Crippen LogP contribution in [0.25, 0.3) is 0 Å². The molecule has 0 aliphatic heterocycles. The number of hydrogen-bond donors (Lipinski definition) is 0. The van der Waals surface area contributed by atoms with Gasteiger partial charge in [0.2, 0.25) is 0 Å². The molecule has 0 saturated heterocycles. The van der Waals surface area contributed by atoms with Gasteiger partial charge in [-0.1, -0.05) is 27.0 Å². The lowest BCUT2D eigenvalue weighted by Crippen LogP contribution is -2.05. The quantitative estimate of drug-likeness (QED) is 0.453. The van der Waals surface area contributed by atoms with Crippen molar-refractivity contribution in [3.05, 3.63) is 24.6 Å². The fourth-order valence-corrected chi connectivity index (χ4v) is 1.09. The zero-order valence-corrected chi connectivity index (χ0v) is 8.03. The maximum absolute atomic E-state index is 4.23. The Morgan fingerprint density at radius 2 is 2.27 bits per heavy atom. The van der Waals surface area contributed by atoms with Crippen LogP contribution in [0.1, 0.15) is 20.3 Å². The molecular weight excluding hydrogens is 154 g/mol. The third-order valence-electron chi connectivity index (χ3n) is 1.56. The minimum atomic E-state index is 0.500. The summed E-state index contributed by atoms with van der Waals surface area (Å²) < 4.78 is 4.23. The zero-order valence-electron chi connectivity index (χ0n) is 7.21. The Bertz CT molecular complexity index is 161. The fraction of sp³-hybridized carbons (Fsp3) is 0.444. The van der Waals surface area contributed by atoms with E-state index in [0.717, 1.165) is 12.1 Å². The Morgan fingerprint density at radius 3 is 2.64 bits per heavy atom. The standard InChI is InChI=1S/C9H15NS/c1-5-8(4)9(6-2)10-11-7-3/h6-8H,2-3,5H2,1,4H3. The van der Waals surface area contributed by atoms with Crippen LogP contribution in [0, 0.1) is 5.92 Å². The van der Waals surface area contributed by atoms with Gasteiger partial charge in [0.15, 0.2) is 0 Å². The maximum atomic E-state index is 4.23. The van der Waals surface area contributed by atoms with Crippen LogP contribution in [-0.2, 0) is 0 Å². The Kier molecular flexibility index (Phi) is 5.94. The molecule has 0 radical (unpaired) electrons. The summed E-state index contributed by atoms with van der Waals surface area (Å²) in [4.78, 5) is 0. The molecule has 62 valence electrons. The predicted molar refractivity (Wildman–Crippen MR) is 54.9 cm³/mol. The van der Waals surface area contributed by atoms with Crippen molar-refractivity contribution >= 4 is 17.7 Å². The molecule has 0 aromatic carbocycles. The van der Waals surface area contributed by atoms with Crippen LogP contribution in [0.4, 0.5) is 0 Å². The summed E-state index contributed by atoms with van der Waals surface area (Å²) in [5, 5.41) is 1.71. The first-order chi connectivity index (χ1) is 5.26. The van der Waals surface area contributed by atoms with Gasteiger partial charge < -0.3 is 0 Å². The Labute approximate surface area is 73.4 Å². The molecule has 0 spiro atoms. The fourth-order valence-electron chi connectivity index (χ4n) is 0.636. The van der Waals surface area contributed by atoms with Crippen LogP contribution in [0.5, 0.6) is 0 Å². The molecule has 0 aromatic heterocycles. The van der Waals surface area contributed by atoms with E-state index in [4.69, 9.17) is 0 Å². The topological polar surface area (TPSA) is 12.4 Å². The van der Waals surface area contributed by atoms with Gasteiger partial charge in [0.05, 0.1) is 5.71 Å². The minimum absolute atomic E-state index is 0.500. The van der Waals surface area contributed by atoms with E-state index in [1.165, 1.54) is 11.9 Å². The highest BCUT2D eigenvalue weighted by molar-refractivity contribution is 8.01. The third-order valence-corrected chi connectivity index (χ3v) is 2.02. The van der Waals surface area contributed by atoms with E-state index >= 15 is 0 Å². The first kappa shape index (κ1) is 10.5. The molecule has 0 N–H and O–H groups in total. The molecule has 0 heterocycles. The van der Waals surface area contributed by atoms with Gasteiger partial charge in [-0.05, 0) is 23.8 Å². The normalized spacial score (nSPS) is 14.2. The third kappa shape index (κ3) is 4.04. The highest BCUT2D eigenvalue weighted by atomic mass is 32.2. The van der Waals surface area contributed by atoms with Crippen LogP contribution in [0.2, 0.25) is 0 Å². The van der Waals surface area contributed by atoms with Crippen molar-refractivity contribution in [3.63, 3.8) is 0 Å². The van der Waals surface area contributed by atoms with Gasteiger partial charge in [0.1, 0.15) is 0 Å². The maximum Gasteiger partial charge on any atom is 0.0512 e. The highest BCUT2D eigenvalue weighted by Gasteiger charge is 2.02. The van der Waals surface area contributed by atoms with Crippen molar-refractivity contribution in [2.75, 3.05) is 0 Å². The van der Waals surface area contributed by atoms with E-state index in [9.17, 15) is 0 Å². The van der Waals surface area contributed by atoms with Gasteiger partial charge in [-0.25, -0.2) is 4.40 Å². The summed E-state index contributed by atoms with van der Waals surface area (Å²) >= 11 is 1.37. The van der Waals surface area contributed by atoms with Crippen LogP contribution < -0.4 is 0 Å². The average Bonchev–Trinajstić information content (AvgIpc) is 2.05. The monoisotopic (exact) mass is 169 g/mol. The van der Waals surface area contributed by atoms with Crippen LogP contribution in [0.15, 0.2) is 29.0 Å². The lowest BCUT2D eigenvalue weighted by atomic mass is 10.0. The van der Waals surface area contributed by atoms with E-state index in [1.807, 2.05) is 6.08 Å². The van der Waals surface area contributed by atoms with Gasteiger partial charge in [0.25, 0.3) is 0 Å². The van der Waals surface area contributed by atoms with E-state index in [2.05, 4.69) is 31.4 Å². The molecule has 0 aromatic rings. The molecule has 0 aliphatic carbocycles. The van der Waals surface area contributed by atoms with Crippen molar-refractivity contribution in [3.8, 4) is 0 Å². The summed E-state index contributed by atoms with van der Waals surface area (Å²) in [5.41, 5.74) is 1.05. The minimum Gasteiger partial charge on any atom is -0.216 e. The summed E-state index contributed by atoms with van der Waals surface area (Å²) in [6.07, 6.45) is 2.91. The molecule has 0 amide bonds. The molecular formula is C9H15NS. The van der Waals surface area contributed by atoms with Crippen LogP contribution >= 0.6 is 11.9 Å². The number of hydrogen-bond acceptors (Lipinski definition) is 2. The Hall–Kier alpha value is -0.500. The second kappa shape index (κ2) is 6.23. The van der Waals surface area contributed by atoms with Gasteiger partial charge in [-0.15, -0.1) is 0 Å². The van der Waals surface area contributed by atoms with Crippen molar-refractivity contribution in [2.45, 2.75) is 20.3 Å². The molecule has 2 heteroatoms. The van der Waals surface area contributed by atoms with Crippen LogP contribution in [-0.4, -0.2) is 5.71 Å². The second-order valence-electron chi connectivity index (χ2n) is 2.30. The van der Waals surface area contributed by atoms with Gasteiger partial charge in [-0.2, -0.15) is 0 Å². The van der Waals surface area contributed by atoms with E-state index in [1.54, 1.807) is 5.41 Å². The van der Waals surface area contributed by atoms with Crippen molar-refractivity contribution in [2.24, 2.45) is 10.3 Å². The first-order valence-corrected chi connectivity index (χ1v) is 4.56. The summed E-state index contributed by atoms with van der Waals surface area (Å²) in [7, 11) is 0. The van der Waals surface area contributed by atoms with Crippen LogP contribution in [0.3, 0.4) is 0 Å². The SMILES string of the molecule is C=CSN=C(C=C)C(C)CC. The molecule has 1 nitrogen and oxygen atoms in total. The molecule has 11 heavy (non-hydrogen) atoms. The largest absolute Gasteiger partial charge is 0.216 e. The molecule has 1 unspecified atom stereocenters. The molecule has 0 bridgehead atoms. The van der Waals surface area contributed by atoms with Gasteiger partial charge in [0, 0.05) is 11.9 Å². The smallest absolute Gasteiger partial charge is 0.0512 e. The van der Waals surface area contributed by atoms with Gasteiger partial charge in [-0.3, -0.25) is 0 Å². The number of allylic oxidation sites excluding steroid dienone is 1. The lowest BCUT2D eigenvalue weighted by Gasteiger charge is -2.06. The Balaban J connectivity index is 4.12. The second-order valence-corrected chi connectivity index (χ2v) is 3.03. The highest BCUT2D eigenvalue weighted by Crippen LogP contribution is 2.11. The molecule has 0 fully saturated rings. The predicted octanol–water partition coefficient (Wildman–Crippen LogP) is 3.45. The molecule has 0 aliphatic rings. The average molecular weight is 169 g/mol. The van der Waals surface area contributed by atoms with E-state index in [0.29, 0.717) is 5.92 Å². The lowest BCUT2D eigenvalue weighted by molar-refractivity contribution is 0.744. The van der Waals surface area contributed by atoms with E-state index in [-0.39, 0.29) is 0 Å². The van der Waals surface area contributed by atoms with E-state index < -0.39 is 0 Å². The molecule has 0 saturated carbocycles. The van der Waals surface area contributed by atoms with Crippen molar-refractivity contribution < 1.29 is 0 Å². The first-order valence-electron chi connectivity index (χ1n) is 3.73.